The van der Waals surface area contributed by atoms with Crippen molar-refractivity contribution in [2.24, 2.45) is 5.92 Å². The highest BCUT2D eigenvalue weighted by molar-refractivity contribution is 9.10. The molecule has 1 saturated heterocycles. The molecular formula is C27H28BrN3O. The molecule has 0 saturated carbocycles. The van der Waals surface area contributed by atoms with Crippen LogP contribution in [-0.2, 0) is 17.9 Å². The van der Waals surface area contributed by atoms with E-state index in [4.69, 9.17) is 0 Å². The van der Waals surface area contributed by atoms with E-state index < -0.39 is 0 Å². The second-order valence-electron chi connectivity index (χ2n) is 8.66. The number of aryl methyl sites for hydroxylation is 1. The molecule has 1 N–H and O–H groups in total. The zero-order chi connectivity index (χ0) is 22.1. The van der Waals surface area contributed by atoms with Gasteiger partial charge in [0.25, 0.3) is 0 Å². The van der Waals surface area contributed by atoms with Crippen molar-refractivity contribution >= 4 is 49.3 Å². The highest BCUT2D eigenvalue weighted by atomic mass is 79.9. The molecule has 0 aliphatic carbocycles. The Hall–Kier alpha value is -2.63. The topological polar surface area (TPSA) is 37.3 Å². The average Bonchev–Trinajstić information content (AvgIpc) is 3.14. The summed E-state index contributed by atoms with van der Waals surface area (Å²) in [6.07, 6.45) is 1.81. The van der Waals surface area contributed by atoms with Gasteiger partial charge in [0.1, 0.15) is 0 Å². The first-order valence-electron chi connectivity index (χ1n) is 11.4. The van der Waals surface area contributed by atoms with Crippen molar-refractivity contribution in [2.45, 2.75) is 32.9 Å². The van der Waals surface area contributed by atoms with Crippen LogP contribution in [0.1, 0.15) is 25.3 Å². The highest BCUT2D eigenvalue weighted by Crippen LogP contribution is 2.31. The molecule has 32 heavy (non-hydrogen) atoms. The molecule has 3 aromatic carbocycles. The normalized spacial score (nSPS) is 15.4. The number of rotatable bonds is 5. The van der Waals surface area contributed by atoms with Crippen molar-refractivity contribution < 1.29 is 4.79 Å². The Labute approximate surface area is 197 Å². The molecule has 0 spiro atoms. The van der Waals surface area contributed by atoms with Gasteiger partial charge in [0.15, 0.2) is 0 Å². The van der Waals surface area contributed by atoms with Crippen molar-refractivity contribution in [3.8, 4) is 0 Å². The van der Waals surface area contributed by atoms with Gasteiger partial charge in [0.05, 0.1) is 0 Å². The molecule has 1 aromatic heterocycles. The summed E-state index contributed by atoms with van der Waals surface area (Å²) < 4.78 is 3.44. The molecule has 1 aliphatic heterocycles. The van der Waals surface area contributed by atoms with Gasteiger partial charge >= 0.3 is 0 Å². The Bertz CT molecular complexity index is 1250. The summed E-state index contributed by atoms with van der Waals surface area (Å²) in [5.41, 5.74) is 4.66. The Morgan fingerprint density at radius 3 is 2.44 bits per heavy atom. The number of anilines is 1. The largest absolute Gasteiger partial charge is 0.341 e. The number of fused-ring (bicyclic) bond motifs is 3. The first-order valence-corrected chi connectivity index (χ1v) is 12.2. The van der Waals surface area contributed by atoms with Crippen LogP contribution in [0.25, 0.3) is 21.8 Å². The van der Waals surface area contributed by atoms with Crippen LogP contribution in [-0.4, -0.2) is 28.5 Å². The van der Waals surface area contributed by atoms with Crippen LogP contribution in [0.15, 0.2) is 71.2 Å². The number of halogens is 1. The standard InChI is InChI=1S/C27H28BrN3O/c1-2-31-25-6-4-3-5-23(25)24-17-22(11-12-26(24)31)29-27(32)20-13-15-30(16-14-20)18-19-7-9-21(28)10-8-19/h3-12,17,20H,2,13-16,18H2,1H3,(H,29,32). The minimum atomic E-state index is 0.0730. The second-order valence-corrected chi connectivity index (χ2v) is 9.58. The molecule has 1 fully saturated rings. The van der Waals surface area contributed by atoms with Gasteiger partial charge in [0.2, 0.25) is 5.91 Å². The van der Waals surface area contributed by atoms with E-state index in [1.165, 1.54) is 27.4 Å². The number of hydrogen-bond donors (Lipinski definition) is 1. The van der Waals surface area contributed by atoms with Gasteiger partial charge in [-0.05, 0) is 74.8 Å². The molecular weight excluding hydrogens is 462 g/mol. The van der Waals surface area contributed by atoms with Gasteiger partial charge in [-0.3, -0.25) is 9.69 Å². The van der Waals surface area contributed by atoms with Crippen LogP contribution < -0.4 is 5.32 Å². The Kier molecular flexibility index (Phi) is 6.03. The molecule has 5 rings (SSSR count). The Morgan fingerprint density at radius 1 is 0.969 bits per heavy atom. The van der Waals surface area contributed by atoms with E-state index in [9.17, 15) is 4.79 Å². The van der Waals surface area contributed by atoms with Crippen LogP contribution in [0.3, 0.4) is 0 Å². The van der Waals surface area contributed by atoms with Crippen molar-refractivity contribution in [1.29, 1.82) is 0 Å². The summed E-state index contributed by atoms with van der Waals surface area (Å²) in [4.78, 5) is 15.4. The Morgan fingerprint density at radius 2 is 1.69 bits per heavy atom. The molecule has 164 valence electrons. The number of carbonyl (C=O) groups excluding carboxylic acids is 1. The Balaban J connectivity index is 1.25. The fourth-order valence-corrected chi connectivity index (χ4v) is 5.18. The van der Waals surface area contributed by atoms with Crippen LogP contribution in [0.4, 0.5) is 5.69 Å². The van der Waals surface area contributed by atoms with Crippen molar-refractivity contribution in [1.82, 2.24) is 9.47 Å². The number of likely N-dealkylation sites (tertiary alicyclic amines) is 1. The van der Waals surface area contributed by atoms with E-state index in [2.05, 4.69) is 98.3 Å². The lowest BCUT2D eigenvalue weighted by atomic mass is 9.95. The lowest BCUT2D eigenvalue weighted by molar-refractivity contribution is -0.121. The first-order chi connectivity index (χ1) is 15.6. The van der Waals surface area contributed by atoms with Gasteiger partial charge in [-0.15, -0.1) is 0 Å². The maximum Gasteiger partial charge on any atom is 0.227 e. The van der Waals surface area contributed by atoms with E-state index in [1.54, 1.807) is 0 Å². The van der Waals surface area contributed by atoms with Crippen LogP contribution in [0, 0.1) is 5.92 Å². The summed E-state index contributed by atoms with van der Waals surface area (Å²) in [5, 5.41) is 5.63. The summed E-state index contributed by atoms with van der Waals surface area (Å²) in [5.74, 6) is 0.218. The summed E-state index contributed by atoms with van der Waals surface area (Å²) in [7, 11) is 0. The monoisotopic (exact) mass is 489 g/mol. The maximum absolute atomic E-state index is 13.0. The predicted octanol–water partition coefficient (Wildman–Crippen LogP) is 6.43. The van der Waals surface area contributed by atoms with Crippen molar-refractivity contribution in [3.63, 3.8) is 0 Å². The summed E-state index contributed by atoms with van der Waals surface area (Å²) in [6, 6.07) is 23.3. The van der Waals surface area contributed by atoms with Crippen molar-refractivity contribution in [2.75, 3.05) is 18.4 Å². The molecule has 0 atom stereocenters. The number of para-hydroxylation sites is 1. The van der Waals surface area contributed by atoms with E-state index in [0.717, 1.165) is 49.2 Å². The van der Waals surface area contributed by atoms with E-state index in [-0.39, 0.29) is 11.8 Å². The molecule has 0 bridgehead atoms. The lowest BCUT2D eigenvalue weighted by Crippen LogP contribution is -2.37. The van der Waals surface area contributed by atoms with Gasteiger partial charge in [-0.1, -0.05) is 46.3 Å². The van der Waals surface area contributed by atoms with Gasteiger partial charge in [-0.2, -0.15) is 0 Å². The maximum atomic E-state index is 13.0. The third-order valence-corrected chi connectivity index (χ3v) is 7.16. The van der Waals surface area contributed by atoms with Crippen LogP contribution in [0.5, 0.6) is 0 Å². The molecule has 4 aromatic rings. The van der Waals surface area contributed by atoms with E-state index in [1.807, 2.05) is 6.07 Å². The predicted molar refractivity (Wildman–Crippen MR) is 136 cm³/mol. The van der Waals surface area contributed by atoms with Crippen LogP contribution in [0.2, 0.25) is 0 Å². The first kappa shape index (κ1) is 21.2. The lowest BCUT2D eigenvalue weighted by Gasteiger charge is -2.31. The molecule has 0 unspecified atom stereocenters. The highest BCUT2D eigenvalue weighted by Gasteiger charge is 2.25. The number of piperidine rings is 1. The van der Waals surface area contributed by atoms with Gasteiger partial charge in [0, 0.05) is 51.0 Å². The second kappa shape index (κ2) is 9.08. The average molecular weight is 490 g/mol. The smallest absolute Gasteiger partial charge is 0.227 e. The number of benzene rings is 3. The number of amides is 1. The summed E-state index contributed by atoms with van der Waals surface area (Å²) >= 11 is 3.49. The quantitative estimate of drug-likeness (QED) is 0.350. The number of nitrogens with zero attached hydrogens (tertiary/aromatic N) is 2. The van der Waals surface area contributed by atoms with Gasteiger partial charge in [-0.25, -0.2) is 0 Å². The van der Waals surface area contributed by atoms with Gasteiger partial charge < -0.3 is 9.88 Å². The third kappa shape index (κ3) is 4.19. The molecule has 2 heterocycles. The minimum Gasteiger partial charge on any atom is -0.341 e. The molecule has 4 nitrogen and oxygen atoms in total. The molecule has 1 amide bonds. The van der Waals surface area contributed by atoms with Crippen LogP contribution >= 0.6 is 15.9 Å². The van der Waals surface area contributed by atoms with E-state index >= 15 is 0 Å². The number of hydrogen-bond acceptors (Lipinski definition) is 2. The van der Waals surface area contributed by atoms with Crippen molar-refractivity contribution in [3.05, 3.63) is 76.8 Å². The fourth-order valence-electron chi connectivity index (χ4n) is 4.92. The number of aromatic nitrogens is 1. The summed E-state index contributed by atoms with van der Waals surface area (Å²) in [6.45, 7) is 5.95. The molecule has 1 aliphatic rings. The SMILES string of the molecule is CCn1c2ccccc2c2cc(NC(=O)C3CCN(Cc4ccc(Br)cc4)CC3)ccc21. The van der Waals surface area contributed by atoms with E-state index in [0.29, 0.717) is 0 Å². The zero-order valence-corrected chi connectivity index (χ0v) is 19.9. The zero-order valence-electron chi connectivity index (χ0n) is 18.4. The number of nitrogens with one attached hydrogen (secondary N) is 1. The molecule has 5 heteroatoms. The number of carbonyl (C=O) groups is 1. The third-order valence-electron chi connectivity index (χ3n) is 6.63. The molecule has 0 radical (unpaired) electrons. The minimum absolute atomic E-state index is 0.0730. The fraction of sp³-hybridized carbons (Fsp3) is 0.296.